The highest BCUT2D eigenvalue weighted by Gasteiger charge is 2.29. The van der Waals surface area contributed by atoms with Gasteiger partial charge in [0.25, 0.3) is 0 Å². The molecule has 0 spiro atoms. The highest BCUT2D eigenvalue weighted by molar-refractivity contribution is 7.56. The molecule has 0 bridgehead atoms. The summed E-state index contributed by atoms with van der Waals surface area (Å²) in [7, 11) is -1.21. The van der Waals surface area contributed by atoms with E-state index in [1.165, 1.54) is 6.66 Å². The monoisotopic (exact) mass is 488 g/mol. The van der Waals surface area contributed by atoms with Crippen molar-refractivity contribution in [2.75, 3.05) is 13.7 Å². The number of benzene rings is 2. The molecule has 0 amide bonds. The minimum atomic E-state index is -3.10. The van der Waals surface area contributed by atoms with Gasteiger partial charge in [-0.3, -0.25) is 9.57 Å². The SMILES string of the molecule is CCCC(C)(CC)Oc1ccc(C=NN(C)C(C)(CC)Oc2ccc(CP(C)(=O)O)cc2)cc1. The third-order valence-electron chi connectivity index (χ3n) is 6.23. The molecule has 2 aromatic carbocycles. The molecule has 0 aliphatic carbocycles. The second-order valence-corrected chi connectivity index (χ2v) is 11.9. The summed E-state index contributed by atoms with van der Waals surface area (Å²) in [6.45, 7) is 11.9. The predicted molar refractivity (Wildman–Crippen MR) is 141 cm³/mol. The van der Waals surface area contributed by atoms with Gasteiger partial charge in [-0.1, -0.05) is 39.3 Å². The van der Waals surface area contributed by atoms with E-state index >= 15 is 0 Å². The van der Waals surface area contributed by atoms with Crippen molar-refractivity contribution < 1.29 is 18.9 Å². The van der Waals surface area contributed by atoms with Crippen molar-refractivity contribution in [3.63, 3.8) is 0 Å². The molecule has 0 heterocycles. The molecule has 6 nitrogen and oxygen atoms in total. The molecule has 0 radical (unpaired) electrons. The summed E-state index contributed by atoms with van der Waals surface area (Å²) in [6.07, 6.45) is 5.76. The minimum absolute atomic E-state index is 0.142. The molecule has 3 atom stereocenters. The van der Waals surface area contributed by atoms with Gasteiger partial charge in [0.2, 0.25) is 7.37 Å². The standard InChI is InChI=1S/C27H41N2O4P/c1-8-19-26(4,9-2)32-24-15-11-22(12-16-24)20-28-29(6)27(5,10-3)33-25-17-13-23(14-18-25)21-34(7,30)31/h11-18,20H,8-10,19,21H2,1-7H3,(H,30,31). The van der Waals surface area contributed by atoms with Crippen LogP contribution in [0.4, 0.5) is 0 Å². The van der Waals surface area contributed by atoms with Crippen LogP contribution >= 0.6 is 7.37 Å². The zero-order chi connectivity index (χ0) is 25.4. The molecule has 0 saturated carbocycles. The topological polar surface area (TPSA) is 71.4 Å². The Labute approximate surface area is 205 Å². The molecule has 0 saturated heterocycles. The molecule has 2 aromatic rings. The van der Waals surface area contributed by atoms with Crippen molar-refractivity contribution in [1.29, 1.82) is 0 Å². The van der Waals surface area contributed by atoms with Gasteiger partial charge in [0.15, 0.2) is 5.72 Å². The normalized spacial score (nSPS) is 16.9. The lowest BCUT2D eigenvalue weighted by Gasteiger charge is -2.36. The zero-order valence-electron chi connectivity index (χ0n) is 21.7. The average Bonchev–Trinajstić information content (AvgIpc) is 2.78. The van der Waals surface area contributed by atoms with Crippen molar-refractivity contribution in [3.05, 3.63) is 59.7 Å². The third kappa shape index (κ3) is 8.48. The van der Waals surface area contributed by atoms with Gasteiger partial charge in [-0.05, 0) is 74.2 Å². The van der Waals surface area contributed by atoms with Crippen LogP contribution in [0.2, 0.25) is 0 Å². The Morgan fingerprint density at radius 3 is 2.03 bits per heavy atom. The van der Waals surface area contributed by atoms with Gasteiger partial charge < -0.3 is 14.4 Å². The average molecular weight is 489 g/mol. The fourth-order valence-corrected chi connectivity index (χ4v) is 4.52. The van der Waals surface area contributed by atoms with Crippen molar-refractivity contribution in [1.82, 2.24) is 5.01 Å². The molecule has 7 heteroatoms. The fourth-order valence-electron chi connectivity index (χ4n) is 3.63. The number of ether oxygens (including phenoxy) is 2. The van der Waals surface area contributed by atoms with Crippen LogP contribution in [0.25, 0.3) is 0 Å². The van der Waals surface area contributed by atoms with Crippen molar-refractivity contribution in [2.45, 2.75) is 77.8 Å². The van der Waals surface area contributed by atoms with E-state index in [9.17, 15) is 9.46 Å². The first-order valence-corrected chi connectivity index (χ1v) is 14.4. The summed E-state index contributed by atoms with van der Waals surface area (Å²) < 4.78 is 24.1. The molecular formula is C27H41N2O4P. The summed E-state index contributed by atoms with van der Waals surface area (Å²) in [5, 5.41) is 6.44. The fraction of sp³-hybridized carbons (Fsp3) is 0.519. The summed E-state index contributed by atoms with van der Waals surface area (Å²) in [6, 6.07) is 15.3. The van der Waals surface area contributed by atoms with E-state index in [1.54, 1.807) is 0 Å². The van der Waals surface area contributed by atoms with E-state index in [0.29, 0.717) is 12.2 Å². The van der Waals surface area contributed by atoms with Crippen LogP contribution in [-0.2, 0) is 10.7 Å². The van der Waals surface area contributed by atoms with E-state index in [1.807, 2.05) is 80.6 Å². The molecule has 0 aliphatic rings. The smallest absolute Gasteiger partial charge is 0.201 e. The van der Waals surface area contributed by atoms with Gasteiger partial charge in [0.05, 0.1) is 6.21 Å². The van der Waals surface area contributed by atoms with E-state index < -0.39 is 13.1 Å². The van der Waals surface area contributed by atoms with Crippen LogP contribution < -0.4 is 9.47 Å². The summed E-state index contributed by atoms with van der Waals surface area (Å²) >= 11 is 0. The first kappa shape index (κ1) is 27.9. The number of hydrogen-bond acceptors (Lipinski definition) is 5. The van der Waals surface area contributed by atoms with Crippen molar-refractivity contribution in [3.8, 4) is 11.5 Å². The Bertz CT molecular complexity index is 971. The van der Waals surface area contributed by atoms with Gasteiger partial charge in [-0.2, -0.15) is 5.10 Å². The summed E-state index contributed by atoms with van der Waals surface area (Å²) in [4.78, 5) is 9.58. The molecule has 34 heavy (non-hydrogen) atoms. The maximum Gasteiger partial charge on any atom is 0.201 e. The number of nitrogens with zero attached hydrogens (tertiary/aromatic N) is 2. The maximum absolute atomic E-state index is 11.6. The maximum atomic E-state index is 11.6. The molecule has 188 valence electrons. The van der Waals surface area contributed by atoms with Gasteiger partial charge in [0.1, 0.15) is 17.1 Å². The summed E-state index contributed by atoms with van der Waals surface area (Å²) in [5.41, 5.74) is 0.994. The largest absolute Gasteiger partial charge is 0.488 e. The molecule has 2 rings (SSSR count). The number of rotatable bonds is 13. The molecule has 0 fully saturated rings. The first-order chi connectivity index (χ1) is 15.9. The zero-order valence-corrected chi connectivity index (χ0v) is 22.6. The predicted octanol–water partition coefficient (Wildman–Crippen LogP) is 6.91. The van der Waals surface area contributed by atoms with Crippen molar-refractivity contribution in [2.24, 2.45) is 5.10 Å². The first-order valence-electron chi connectivity index (χ1n) is 12.1. The molecule has 1 N–H and O–H groups in total. The second kappa shape index (κ2) is 11.9. The quantitative estimate of drug-likeness (QED) is 0.144. The molecule has 0 aliphatic heterocycles. The number of hydrogen-bond donors (Lipinski definition) is 1. The van der Waals surface area contributed by atoms with Crippen LogP contribution in [-0.4, -0.2) is 41.2 Å². The third-order valence-corrected chi connectivity index (χ3v) is 7.18. The molecule has 0 aromatic heterocycles. The van der Waals surface area contributed by atoms with Crippen LogP contribution in [0.5, 0.6) is 11.5 Å². The Hall–Kier alpha value is -2.30. The van der Waals surface area contributed by atoms with Crippen LogP contribution in [0.3, 0.4) is 0 Å². The van der Waals surface area contributed by atoms with E-state index in [0.717, 1.165) is 36.1 Å². The second-order valence-electron chi connectivity index (χ2n) is 9.48. The Balaban J connectivity index is 2.05. The lowest BCUT2D eigenvalue weighted by atomic mass is 9.97. The lowest BCUT2D eigenvalue weighted by molar-refractivity contribution is -0.0574. The Kier molecular flexibility index (Phi) is 9.78. The van der Waals surface area contributed by atoms with Crippen molar-refractivity contribution >= 4 is 13.6 Å². The van der Waals surface area contributed by atoms with Crippen LogP contribution in [0, 0.1) is 0 Å². The van der Waals surface area contributed by atoms with Gasteiger partial charge in [-0.15, -0.1) is 0 Å². The minimum Gasteiger partial charge on any atom is -0.488 e. The van der Waals surface area contributed by atoms with E-state index in [-0.39, 0.29) is 11.8 Å². The van der Waals surface area contributed by atoms with E-state index in [4.69, 9.17) is 9.47 Å². The summed E-state index contributed by atoms with van der Waals surface area (Å²) in [5.74, 6) is 1.56. The van der Waals surface area contributed by atoms with Gasteiger partial charge in [0, 0.05) is 26.3 Å². The molecule has 3 unspecified atom stereocenters. The number of hydrazone groups is 1. The molecular weight excluding hydrogens is 447 g/mol. The Morgan fingerprint density at radius 1 is 0.971 bits per heavy atom. The lowest BCUT2D eigenvalue weighted by Crippen LogP contribution is -2.45. The highest BCUT2D eigenvalue weighted by atomic mass is 31.2. The Morgan fingerprint density at radius 2 is 1.53 bits per heavy atom. The van der Waals surface area contributed by atoms with Gasteiger partial charge in [-0.25, -0.2) is 0 Å². The van der Waals surface area contributed by atoms with Crippen LogP contribution in [0.1, 0.15) is 71.4 Å². The van der Waals surface area contributed by atoms with E-state index in [2.05, 4.69) is 25.9 Å². The van der Waals surface area contributed by atoms with Gasteiger partial charge >= 0.3 is 0 Å². The van der Waals surface area contributed by atoms with Crippen LogP contribution in [0.15, 0.2) is 53.6 Å². The highest BCUT2D eigenvalue weighted by Crippen LogP contribution is 2.40.